The molecule has 0 unspecified atom stereocenters. The second-order valence-electron chi connectivity index (χ2n) is 5.11. The van der Waals surface area contributed by atoms with Gasteiger partial charge in [0.1, 0.15) is 5.56 Å². The lowest BCUT2D eigenvalue weighted by molar-refractivity contribution is 0.0949. The predicted molar refractivity (Wildman–Crippen MR) is 91.4 cm³/mol. The van der Waals surface area contributed by atoms with Crippen molar-refractivity contribution in [2.45, 2.75) is 20.4 Å². The number of fused-ring (bicyclic) bond motifs is 1. The third-order valence-electron chi connectivity index (χ3n) is 3.66. The summed E-state index contributed by atoms with van der Waals surface area (Å²) >= 11 is 7.49. The maximum Gasteiger partial charge on any atom is 0.271 e. The molecular weight excluding hydrogens is 334 g/mol. The van der Waals surface area contributed by atoms with Crippen LogP contribution in [0.4, 0.5) is 0 Å². The maximum atomic E-state index is 12.5. The van der Waals surface area contributed by atoms with Crippen molar-refractivity contribution in [3.8, 4) is 0 Å². The number of halogens is 1. The van der Waals surface area contributed by atoms with Gasteiger partial charge in [0.2, 0.25) is 0 Å². The minimum atomic E-state index is -0.458. The molecule has 0 aliphatic carbocycles. The molecular formula is C16H14ClN3O2S. The first kappa shape index (κ1) is 15.7. The van der Waals surface area contributed by atoms with E-state index in [0.29, 0.717) is 9.98 Å². The summed E-state index contributed by atoms with van der Waals surface area (Å²) in [6, 6.07) is 7.24. The standard InChI is InChI=1S/C16H14ClN3O2S/c1-9-10(2)23-16-19-8-12(15(22)20(9)16)14(21)18-7-11-5-3-4-6-13(11)17/h3-6,8H,7H2,1-2H3,(H,18,21). The molecule has 1 aromatic carbocycles. The Morgan fingerprint density at radius 1 is 1.35 bits per heavy atom. The first-order valence-electron chi connectivity index (χ1n) is 6.98. The maximum absolute atomic E-state index is 12.5. The third-order valence-corrected chi connectivity index (χ3v) is 5.10. The molecule has 0 aliphatic heterocycles. The summed E-state index contributed by atoms with van der Waals surface area (Å²) in [6.45, 7) is 4.01. The largest absolute Gasteiger partial charge is 0.348 e. The number of thiazole rings is 1. The predicted octanol–water partition coefficient (Wildman–Crippen LogP) is 2.96. The Hall–Kier alpha value is -2.18. The van der Waals surface area contributed by atoms with Crippen LogP contribution in [0.25, 0.3) is 4.96 Å². The number of amides is 1. The van der Waals surface area contributed by atoms with Gasteiger partial charge in [-0.2, -0.15) is 0 Å². The van der Waals surface area contributed by atoms with Gasteiger partial charge in [0, 0.05) is 28.3 Å². The molecule has 0 aliphatic rings. The minimum absolute atomic E-state index is 0.0236. The van der Waals surface area contributed by atoms with Gasteiger partial charge in [-0.05, 0) is 25.5 Å². The molecule has 23 heavy (non-hydrogen) atoms. The zero-order chi connectivity index (χ0) is 16.6. The fourth-order valence-corrected chi connectivity index (χ4v) is 3.38. The zero-order valence-electron chi connectivity index (χ0n) is 12.6. The van der Waals surface area contributed by atoms with E-state index < -0.39 is 5.91 Å². The summed E-state index contributed by atoms with van der Waals surface area (Å²) < 4.78 is 1.48. The summed E-state index contributed by atoms with van der Waals surface area (Å²) in [6.07, 6.45) is 1.33. The highest BCUT2D eigenvalue weighted by molar-refractivity contribution is 7.17. The van der Waals surface area contributed by atoms with Gasteiger partial charge in [-0.3, -0.25) is 14.0 Å². The molecule has 7 heteroatoms. The van der Waals surface area contributed by atoms with Crippen molar-refractivity contribution >= 4 is 33.8 Å². The summed E-state index contributed by atoms with van der Waals surface area (Å²) in [4.78, 5) is 30.6. The number of rotatable bonds is 3. The number of nitrogens with one attached hydrogen (secondary N) is 1. The van der Waals surface area contributed by atoms with Gasteiger partial charge in [0.25, 0.3) is 11.5 Å². The van der Waals surface area contributed by atoms with E-state index in [0.717, 1.165) is 16.1 Å². The number of carbonyl (C=O) groups excluding carboxylic acids is 1. The first-order chi connectivity index (χ1) is 11.0. The van der Waals surface area contributed by atoms with Crippen molar-refractivity contribution in [3.63, 3.8) is 0 Å². The molecule has 2 heterocycles. The van der Waals surface area contributed by atoms with Crippen LogP contribution >= 0.6 is 22.9 Å². The van der Waals surface area contributed by atoms with Gasteiger partial charge in [-0.25, -0.2) is 4.98 Å². The molecule has 0 atom stereocenters. The van der Waals surface area contributed by atoms with E-state index >= 15 is 0 Å². The molecule has 1 amide bonds. The summed E-state index contributed by atoms with van der Waals surface area (Å²) in [5.74, 6) is -0.458. The van der Waals surface area contributed by atoms with Crippen LogP contribution in [0.3, 0.4) is 0 Å². The van der Waals surface area contributed by atoms with E-state index in [9.17, 15) is 9.59 Å². The van der Waals surface area contributed by atoms with Crippen LogP contribution in [0, 0.1) is 13.8 Å². The number of hydrogen-bond acceptors (Lipinski definition) is 4. The van der Waals surface area contributed by atoms with Gasteiger partial charge in [-0.15, -0.1) is 11.3 Å². The first-order valence-corrected chi connectivity index (χ1v) is 8.18. The lowest BCUT2D eigenvalue weighted by Crippen LogP contribution is -2.31. The van der Waals surface area contributed by atoms with Crippen molar-refractivity contribution in [3.05, 3.63) is 67.5 Å². The molecule has 0 fully saturated rings. The van der Waals surface area contributed by atoms with Crippen LogP contribution in [0.1, 0.15) is 26.5 Å². The van der Waals surface area contributed by atoms with Gasteiger partial charge in [0.15, 0.2) is 4.96 Å². The minimum Gasteiger partial charge on any atom is -0.348 e. The molecule has 0 saturated carbocycles. The van der Waals surface area contributed by atoms with Crippen molar-refractivity contribution in [2.75, 3.05) is 0 Å². The second kappa shape index (κ2) is 6.14. The fourth-order valence-electron chi connectivity index (χ4n) is 2.24. The highest BCUT2D eigenvalue weighted by Crippen LogP contribution is 2.18. The third kappa shape index (κ3) is 2.87. The Kier molecular flexibility index (Phi) is 4.19. The van der Waals surface area contributed by atoms with Crippen LogP contribution in [-0.2, 0) is 6.54 Å². The average Bonchev–Trinajstić information content (AvgIpc) is 2.82. The molecule has 5 nitrogen and oxygen atoms in total. The Morgan fingerprint density at radius 2 is 2.09 bits per heavy atom. The molecule has 0 saturated heterocycles. The van der Waals surface area contributed by atoms with Crippen molar-refractivity contribution in [2.24, 2.45) is 0 Å². The van der Waals surface area contributed by atoms with Gasteiger partial charge < -0.3 is 5.32 Å². The van der Waals surface area contributed by atoms with Crippen LogP contribution in [-0.4, -0.2) is 15.3 Å². The van der Waals surface area contributed by atoms with E-state index in [1.54, 1.807) is 6.07 Å². The fraction of sp³-hybridized carbons (Fsp3) is 0.188. The van der Waals surface area contributed by atoms with Crippen LogP contribution in [0.2, 0.25) is 5.02 Å². The van der Waals surface area contributed by atoms with Crippen LogP contribution < -0.4 is 10.9 Å². The van der Waals surface area contributed by atoms with Crippen molar-refractivity contribution in [1.82, 2.24) is 14.7 Å². The molecule has 3 rings (SSSR count). The number of hydrogen-bond donors (Lipinski definition) is 1. The lowest BCUT2D eigenvalue weighted by Gasteiger charge is -2.07. The summed E-state index contributed by atoms with van der Waals surface area (Å²) in [5.41, 5.74) is 1.27. The summed E-state index contributed by atoms with van der Waals surface area (Å²) in [7, 11) is 0. The topological polar surface area (TPSA) is 63.5 Å². The highest BCUT2D eigenvalue weighted by atomic mass is 35.5. The molecule has 2 aromatic heterocycles. The van der Waals surface area contributed by atoms with E-state index in [2.05, 4.69) is 10.3 Å². The SMILES string of the molecule is Cc1sc2ncc(C(=O)NCc3ccccc3Cl)c(=O)n2c1C. The number of nitrogens with zero attached hydrogens (tertiary/aromatic N) is 2. The molecule has 1 N–H and O–H groups in total. The Labute approximate surface area is 141 Å². The van der Waals surface area contributed by atoms with Crippen LogP contribution in [0.5, 0.6) is 0 Å². The number of benzene rings is 1. The van der Waals surface area contributed by atoms with E-state index in [4.69, 9.17) is 11.6 Å². The van der Waals surface area contributed by atoms with Crippen molar-refractivity contribution in [1.29, 1.82) is 0 Å². The number of aromatic nitrogens is 2. The highest BCUT2D eigenvalue weighted by Gasteiger charge is 2.16. The average molecular weight is 348 g/mol. The van der Waals surface area contributed by atoms with E-state index in [1.165, 1.54) is 21.9 Å². The van der Waals surface area contributed by atoms with Gasteiger partial charge in [-0.1, -0.05) is 29.8 Å². The number of carbonyl (C=O) groups is 1. The van der Waals surface area contributed by atoms with Crippen LogP contribution in [0.15, 0.2) is 35.3 Å². The lowest BCUT2D eigenvalue weighted by atomic mass is 10.2. The smallest absolute Gasteiger partial charge is 0.271 e. The zero-order valence-corrected chi connectivity index (χ0v) is 14.2. The molecule has 0 spiro atoms. The normalized spacial score (nSPS) is 10.9. The molecule has 0 radical (unpaired) electrons. The molecule has 118 valence electrons. The Bertz CT molecular complexity index is 962. The quantitative estimate of drug-likeness (QED) is 0.792. The monoisotopic (exact) mass is 347 g/mol. The molecule has 0 bridgehead atoms. The Morgan fingerprint density at radius 3 is 2.83 bits per heavy atom. The molecule has 3 aromatic rings. The van der Waals surface area contributed by atoms with E-state index in [-0.39, 0.29) is 17.7 Å². The van der Waals surface area contributed by atoms with E-state index in [1.807, 2.05) is 32.0 Å². The van der Waals surface area contributed by atoms with Gasteiger partial charge >= 0.3 is 0 Å². The Balaban J connectivity index is 1.90. The van der Waals surface area contributed by atoms with Crippen molar-refractivity contribution < 1.29 is 4.79 Å². The second-order valence-corrected chi connectivity index (χ2v) is 6.70. The number of aryl methyl sites for hydroxylation is 2. The van der Waals surface area contributed by atoms with Gasteiger partial charge in [0.05, 0.1) is 0 Å². The summed E-state index contributed by atoms with van der Waals surface area (Å²) in [5, 5.41) is 3.29.